The fraction of sp³-hybridized carbons (Fsp3) is 0. The van der Waals surface area contributed by atoms with Gasteiger partial charge in [0.1, 0.15) is 5.58 Å². The molecule has 11 rings (SSSR count). The van der Waals surface area contributed by atoms with Gasteiger partial charge in [-0.15, -0.1) is 11.3 Å². The second-order valence-electron chi connectivity index (χ2n) is 13.7. The van der Waals surface area contributed by atoms with Crippen molar-refractivity contribution in [2.75, 3.05) is 4.90 Å². The van der Waals surface area contributed by atoms with E-state index in [9.17, 15) is 0 Å². The lowest BCUT2D eigenvalue weighted by molar-refractivity contribution is 0.669. The Morgan fingerprint density at radius 2 is 1.08 bits per heavy atom. The Kier molecular flexibility index (Phi) is 6.76. The van der Waals surface area contributed by atoms with E-state index in [0.717, 1.165) is 44.6 Å². The van der Waals surface area contributed by atoms with E-state index in [-0.39, 0.29) is 0 Å². The largest absolute Gasteiger partial charge is 0.454 e. The monoisotopic (exact) mass is 693 g/mol. The molecule has 0 fully saturated rings. The van der Waals surface area contributed by atoms with Gasteiger partial charge in [0.25, 0.3) is 0 Å². The summed E-state index contributed by atoms with van der Waals surface area (Å²) in [4.78, 5) is 2.37. The van der Waals surface area contributed by atoms with Gasteiger partial charge in [-0.25, -0.2) is 0 Å². The summed E-state index contributed by atoms with van der Waals surface area (Å²) >= 11 is 1.87. The molecule has 0 N–H and O–H groups in total. The summed E-state index contributed by atoms with van der Waals surface area (Å²) in [6, 6.07) is 67.9. The van der Waals surface area contributed by atoms with E-state index in [1.165, 1.54) is 58.4 Å². The lowest BCUT2D eigenvalue weighted by Crippen LogP contribution is -2.10. The van der Waals surface area contributed by atoms with E-state index >= 15 is 0 Å². The summed E-state index contributed by atoms with van der Waals surface area (Å²) in [5.74, 6) is 0. The van der Waals surface area contributed by atoms with Crippen LogP contribution in [0.5, 0.6) is 0 Å². The predicted molar refractivity (Wildman–Crippen MR) is 227 cm³/mol. The molecule has 0 aliphatic carbocycles. The standard InChI is InChI=1S/C50H31NOS/c1-2-11-32(12-3-1)39-29-30-45(49-48(39)43-16-6-8-19-46(43)52-49)51(37-28-25-35-22-21-33-13-4-5-14-38(33)44(35)31-37)36-26-23-34(24-27-36)40-17-10-18-42-41-15-7-9-20-47(41)53-50(40)42/h1-31H. The van der Waals surface area contributed by atoms with Crippen molar-refractivity contribution in [2.24, 2.45) is 0 Å². The van der Waals surface area contributed by atoms with Crippen molar-refractivity contribution in [3.05, 3.63) is 188 Å². The summed E-state index contributed by atoms with van der Waals surface area (Å²) < 4.78 is 9.49. The highest BCUT2D eigenvalue weighted by molar-refractivity contribution is 7.26. The van der Waals surface area contributed by atoms with Gasteiger partial charge >= 0.3 is 0 Å². The zero-order valence-corrected chi connectivity index (χ0v) is 29.5. The van der Waals surface area contributed by atoms with Crippen LogP contribution in [-0.2, 0) is 0 Å². The maximum absolute atomic E-state index is 6.86. The Labute approximate surface area is 310 Å². The van der Waals surface area contributed by atoms with Crippen molar-refractivity contribution in [2.45, 2.75) is 0 Å². The molecule has 0 saturated heterocycles. The fourth-order valence-electron chi connectivity index (χ4n) is 8.17. The maximum atomic E-state index is 6.86. The van der Waals surface area contributed by atoms with E-state index in [2.05, 4.69) is 193 Å². The van der Waals surface area contributed by atoms with Crippen molar-refractivity contribution in [3.63, 3.8) is 0 Å². The van der Waals surface area contributed by atoms with Gasteiger partial charge < -0.3 is 9.32 Å². The van der Waals surface area contributed by atoms with Crippen molar-refractivity contribution in [3.8, 4) is 22.3 Å². The third-order valence-electron chi connectivity index (χ3n) is 10.7. The SMILES string of the molecule is c1ccc(-c2ccc(N(c3ccc(-c4cccc5c4sc4ccccc45)cc3)c3ccc4ccc5ccccc5c4c3)c3oc4ccccc4c23)cc1. The normalized spacial score (nSPS) is 11.8. The van der Waals surface area contributed by atoms with Gasteiger partial charge in [-0.2, -0.15) is 0 Å². The van der Waals surface area contributed by atoms with E-state index in [1.54, 1.807) is 0 Å². The molecule has 2 nitrogen and oxygen atoms in total. The molecular formula is C50H31NOS. The molecule has 9 aromatic carbocycles. The molecule has 0 radical (unpaired) electrons. The third kappa shape index (κ3) is 4.78. The van der Waals surface area contributed by atoms with Crippen molar-refractivity contribution in [1.29, 1.82) is 0 Å². The summed E-state index contributed by atoms with van der Waals surface area (Å²) in [5.41, 5.74) is 9.65. The van der Waals surface area contributed by atoms with Crippen LogP contribution in [0.25, 0.3) is 85.9 Å². The van der Waals surface area contributed by atoms with Gasteiger partial charge in [0.05, 0.1) is 5.69 Å². The number of thiophene rings is 1. The molecule has 11 aromatic rings. The molecule has 0 saturated carbocycles. The highest BCUT2D eigenvalue weighted by Crippen LogP contribution is 2.47. The second-order valence-corrected chi connectivity index (χ2v) is 14.7. The van der Waals surface area contributed by atoms with Gasteiger partial charge in [-0.1, -0.05) is 146 Å². The minimum atomic E-state index is 0.865. The fourth-order valence-corrected chi connectivity index (χ4v) is 9.41. The molecule has 2 heterocycles. The van der Waals surface area contributed by atoms with Crippen LogP contribution < -0.4 is 4.90 Å². The van der Waals surface area contributed by atoms with E-state index < -0.39 is 0 Å². The first-order chi connectivity index (χ1) is 26.3. The van der Waals surface area contributed by atoms with Gasteiger partial charge in [0.15, 0.2) is 5.58 Å². The van der Waals surface area contributed by atoms with Crippen LogP contribution in [0.2, 0.25) is 0 Å². The van der Waals surface area contributed by atoms with Gasteiger partial charge in [0, 0.05) is 42.3 Å². The van der Waals surface area contributed by atoms with E-state index in [4.69, 9.17) is 4.42 Å². The van der Waals surface area contributed by atoms with Crippen molar-refractivity contribution in [1.82, 2.24) is 0 Å². The molecule has 0 atom stereocenters. The number of para-hydroxylation sites is 1. The minimum absolute atomic E-state index is 0.865. The van der Waals surface area contributed by atoms with Crippen LogP contribution in [0.1, 0.15) is 0 Å². The number of anilines is 3. The first-order valence-electron chi connectivity index (χ1n) is 18.0. The second kappa shape index (κ2) is 11.9. The van der Waals surface area contributed by atoms with Gasteiger partial charge in [-0.3, -0.25) is 0 Å². The first kappa shape index (κ1) is 30.0. The average Bonchev–Trinajstić information content (AvgIpc) is 3.81. The molecular weight excluding hydrogens is 663 g/mol. The topological polar surface area (TPSA) is 16.4 Å². The number of hydrogen-bond donors (Lipinski definition) is 0. The lowest BCUT2D eigenvalue weighted by atomic mass is 9.97. The molecule has 248 valence electrons. The van der Waals surface area contributed by atoms with Crippen LogP contribution >= 0.6 is 11.3 Å². The summed E-state index contributed by atoms with van der Waals surface area (Å²) in [6.45, 7) is 0. The highest BCUT2D eigenvalue weighted by atomic mass is 32.1. The zero-order chi connectivity index (χ0) is 34.9. The van der Waals surface area contributed by atoms with Crippen LogP contribution in [0.3, 0.4) is 0 Å². The first-order valence-corrected chi connectivity index (χ1v) is 18.8. The van der Waals surface area contributed by atoms with Crippen molar-refractivity contribution >= 4 is 92.1 Å². The quantitative estimate of drug-likeness (QED) is 0.167. The van der Waals surface area contributed by atoms with Crippen LogP contribution in [0, 0.1) is 0 Å². The average molecular weight is 694 g/mol. The van der Waals surface area contributed by atoms with Crippen molar-refractivity contribution < 1.29 is 4.42 Å². The smallest absolute Gasteiger partial charge is 0.160 e. The number of furan rings is 1. The molecule has 2 aromatic heterocycles. The number of nitrogens with zero attached hydrogens (tertiary/aromatic N) is 1. The predicted octanol–water partition coefficient (Wildman–Crippen LogP) is 15.1. The Morgan fingerprint density at radius 3 is 1.94 bits per heavy atom. The Bertz CT molecular complexity index is 3170. The Balaban J connectivity index is 1.15. The van der Waals surface area contributed by atoms with Crippen LogP contribution in [0.15, 0.2) is 192 Å². The maximum Gasteiger partial charge on any atom is 0.160 e. The number of hydrogen-bond acceptors (Lipinski definition) is 3. The zero-order valence-electron chi connectivity index (χ0n) is 28.7. The molecule has 0 amide bonds. The Hall–Kier alpha value is -6.68. The molecule has 0 aliphatic rings. The van der Waals surface area contributed by atoms with E-state index in [0.29, 0.717) is 0 Å². The molecule has 53 heavy (non-hydrogen) atoms. The summed E-state index contributed by atoms with van der Waals surface area (Å²) in [6.07, 6.45) is 0. The molecule has 0 spiro atoms. The highest BCUT2D eigenvalue weighted by Gasteiger charge is 2.23. The van der Waals surface area contributed by atoms with E-state index in [1.807, 2.05) is 11.3 Å². The third-order valence-corrected chi connectivity index (χ3v) is 11.9. The van der Waals surface area contributed by atoms with Crippen LogP contribution in [-0.4, -0.2) is 0 Å². The Morgan fingerprint density at radius 1 is 0.415 bits per heavy atom. The van der Waals surface area contributed by atoms with Gasteiger partial charge in [0.2, 0.25) is 0 Å². The number of rotatable bonds is 5. The number of fused-ring (bicyclic) bond motifs is 9. The summed E-state index contributed by atoms with van der Waals surface area (Å²) in [5, 5.41) is 9.76. The lowest BCUT2D eigenvalue weighted by Gasteiger charge is -2.27. The van der Waals surface area contributed by atoms with Gasteiger partial charge in [-0.05, 0) is 86.3 Å². The molecule has 0 aliphatic heterocycles. The molecule has 0 unspecified atom stereocenters. The number of benzene rings is 9. The molecule has 3 heteroatoms. The molecule has 0 bridgehead atoms. The summed E-state index contributed by atoms with van der Waals surface area (Å²) in [7, 11) is 0. The minimum Gasteiger partial charge on any atom is -0.454 e. The van der Waals surface area contributed by atoms with Crippen LogP contribution in [0.4, 0.5) is 17.1 Å².